The Hall–Kier alpha value is -4.12. The van der Waals surface area contributed by atoms with Crippen LogP contribution in [0.3, 0.4) is 0 Å². The number of aromatic nitrogens is 8. The fraction of sp³-hybridized carbons (Fsp3) is 0. The minimum absolute atomic E-state index is 0. The van der Waals surface area contributed by atoms with Crippen LogP contribution in [0.5, 0.6) is 0 Å². The number of aromatic amines is 2. The average molecular weight is 554 g/mol. The Balaban J connectivity index is 0.00000256. The molecule has 2 aliphatic heterocycles. The summed E-state index contributed by atoms with van der Waals surface area (Å²) in [5, 5.41) is 3.82. The molecule has 0 radical (unpaired) electrons. The Kier molecular flexibility index (Phi) is 5.70. The molecule has 8 nitrogen and oxygen atoms in total. The molecule has 7 aromatic rings. The number of nitrogens with zero attached hydrogens (tertiary/aromatic N) is 6. The maximum Gasteiger partial charge on any atom is 1.00 e. The van der Waals surface area contributed by atoms with E-state index in [-0.39, 0.29) is 51.4 Å². The molecule has 3 aromatic heterocycles. The number of hydrogen-bond acceptors (Lipinski definition) is 6. The number of nitrogens with one attached hydrogen (secondary N) is 2. The van der Waals surface area contributed by atoms with Crippen molar-refractivity contribution in [3.8, 4) is 45.6 Å². The molecule has 0 spiro atoms. The first kappa shape index (κ1) is 24.7. The van der Waals surface area contributed by atoms with Crippen LogP contribution in [0.4, 0.5) is 0 Å². The van der Waals surface area contributed by atoms with Gasteiger partial charge in [-0.1, -0.05) is 97.1 Å². The molecular formula is C32H18KN8+. The van der Waals surface area contributed by atoms with E-state index in [4.69, 9.17) is 29.9 Å². The monoisotopic (exact) mass is 553 g/mol. The molecule has 8 bridgehead atoms. The van der Waals surface area contributed by atoms with E-state index >= 15 is 0 Å². The quantitative estimate of drug-likeness (QED) is 0.276. The molecule has 4 aromatic carbocycles. The van der Waals surface area contributed by atoms with E-state index in [0.29, 0.717) is 45.9 Å². The first-order valence-electron chi connectivity index (χ1n) is 13.0. The molecular weight excluding hydrogens is 536 g/mol. The van der Waals surface area contributed by atoms with Crippen molar-refractivity contribution in [3.05, 3.63) is 97.1 Å². The third-order valence-corrected chi connectivity index (χ3v) is 7.46. The SMILES string of the molecule is [K+].c1ccc2c(c1)-c1nc-2nc2[nH]c(nc3nc(nc4[nH]c(n1)c1ccccc41)-c1ccccc1-3)c1ccccc21. The first-order valence-corrected chi connectivity index (χ1v) is 13.0. The Morgan fingerprint density at radius 1 is 0.317 bits per heavy atom. The van der Waals surface area contributed by atoms with Crippen molar-refractivity contribution < 1.29 is 51.4 Å². The largest absolute Gasteiger partial charge is 1.00 e. The molecule has 9 heteroatoms. The number of benzene rings is 4. The van der Waals surface area contributed by atoms with Crippen molar-refractivity contribution in [2.75, 3.05) is 0 Å². The van der Waals surface area contributed by atoms with Crippen molar-refractivity contribution in [2.45, 2.75) is 0 Å². The van der Waals surface area contributed by atoms with Gasteiger partial charge in [-0.2, -0.15) is 0 Å². The van der Waals surface area contributed by atoms with E-state index in [2.05, 4.69) is 9.97 Å². The summed E-state index contributed by atoms with van der Waals surface area (Å²) in [6.45, 7) is 0. The van der Waals surface area contributed by atoms with Gasteiger partial charge >= 0.3 is 51.4 Å². The maximum atomic E-state index is 5.02. The predicted octanol–water partition coefficient (Wildman–Crippen LogP) is 3.87. The molecule has 186 valence electrons. The van der Waals surface area contributed by atoms with E-state index in [9.17, 15) is 0 Å². The molecule has 0 aliphatic carbocycles. The van der Waals surface area contributed by atoms with Gasteiger partial charge in [-0.05, 0) is 0 Å². The van der Waals surface area contributed by atoms with Crippen LogP contribution >= 0.6 is 0 Å². The molecule has 0 saturated carbocycles. The molecule has 0 fully saturated rings. The molecule has 2 aliphatic rings. The van der Waals surface area contributed by atoms with Crippen molar-refractivity contribution in [3.63, 3.8) is 0 Å². The second-order valence-corrected chi connectivity index (χ2v) is 9.79. The van der Waals surface area contributed by atoms with Gasteiger partial charge in [-0.3, -0.25) is 0 Å². The molecule has 0 amide bonds. The molecule has 41 heavy (non-hydrogen) atoms. The zero-order valence-electron chi connectivity index (χ0n) is 21.9. The smallest absolute Gasteiger partial charge is 0.324 e. The van der Waals surface area contributed by atoms with Gasteiger partial charge in [0.25, 0.3) is 0 Å². The van der Waals surface area contributed by atoms with E-state index in [1.807, 2.05) is 97.1 Å². The summed E-state index contributed by atoms with van der Waals surface area (Å²) in [6.07, 6.45) is 0. The molecule has 9 rings (SSSR count). The number of fused-ring (bicyclic) bond motifs is 20. The van der Waals surface area contributed by atoms with Gasteiger partial charge in [-0.25, -0.2) is 29.9 Å². The Labute approximate surface area is 275 Å². The van der Waals surface area contributed by atoms with E-state index in [0.717, 1.165) is 43.8 Å². The normalized spacial score (nSPS) is 11.7. The zero-order chi connectivity index (χ0) is 26.2. The van der Waals surface area contributed by atoms with Crippen molar-refractivity contribution in [2.24, 2.45) is 0 Å². The fourth-order valence-corrected chi connectivity index (χ4v) is 5.59. The Morgan fingerprint density at radius 2 is 0.561 bits per heavy atom. The van der Waals surface area contributed by atoms with Gasteiger partial charge in [0.05, 0.1) is 0 Å². The van der Waals surface area contributed by atoms with Gasteiger partial charge in [0.15, 0.2) is 23.3 Å². The van der Waals surface area contributed by atoms with Gasteiger partial charge < -0.3 is 9.97 Å². The Morgan fingerprint density at radius 3 is 0.829 bits per heavy atom. The molecule has 5 heterocycles. The number of rotatable bonds is 0. The van der Waals surface area contributed by atoms with Crippen LogP contribution in [-0.4, -0.2) is 39.9 Å². The van der Waals surface area contributed by atoms with Crippen molar-refractivity contribution in [1.82, 2.24) is 39.9 Å². The van der Waals surface area contributed by atoms with Gasteiger partial charge in [0.2, 0.25) is 0 Å². The number of hydrogen-bond donors (Lipinski definition) is 2. The van der Waals surface area contributed by atoms with Crippen LogP contribution < -0.4 is 51.4 Å². The third kappa shape index (κ3) is 3.82. The second kappa shape index (κ2) is 9.47. The molecule has 0 saturated heterocycles. The topological polar surface area (TPSA) is 109 Å². The van der Waals surface area contributed by atoms with Gasteiger partial charge in [0.1, 0.15) is 22.6 Å². The Bertz CT molecular complexity index is 2030. The van der Waals surface area contributed by atoms with Gasteiger partial charge in [0, 0.05) is 43.8 Å². The summed E-state index contributed by atoms with van der Waals surface area (Å²) in [5.41, 5.74) is 6.45. The average Bonchev–Trinajstić information content (AvgIpc) is 3.73. The van der Waals surface area contributed by atoms with Crippen LogP contribution in [0.25, 0.3) is 89.7 Å². The molecule has 0 atom stereocenters. The van der Waals surface area contributed by atoms with E-state index < -0.39 is 0 Å². The minimum Gasteiger partial charge on any atom is -0.324 e. The number of H-pyrrole nitrogens is 2. The van der Waals surface area contributed by atoms with Crippen molar-refractivity contribution in [1.29, 1.82) is 0 Å². The van der Waals surface area contributed by atoms with Crippen LogP contribution in [0.1, 0.15) is 0 Å². The maximum absolute atomic E-state index is 5.02. The summed E-state index contributed by atoms with van der Waals surface area (Å²) < 4.78 is 0. The van der Waals surface area contributed by atoms with E-state index in [1.54, 1.807) is 0 Å². The second-order valence-electron chi connectivity index (χ2n) is 9.79. The summed E-state index contributed by atoms with van der Waals surface area (Å²) in [6, 6.07) is 32.2. The molecule has 2 N–H and O–H groups in total. The zero-order valence-corrected chi connectivity index (χ0v) is 25.0. The predicted molar refractivity (Wildman–Crippen MR) is 156 cm³/mol. The van der Waals surface area contributed by atoms with Crippen LogP contribution in [0, 0.1) is 0 Å². The van der Waals surface area contributed by atoms with Crippen LogP contribution in [0.2, 0.25) is 0 Å². The van der Waals surface area contributed by atoms with Crippen LogP contribution in [0.15, 0.2) is 97.1 Å². The standard InChI is InChI=1S/C32H18N8.K/c1-2-10-18-17(9-1)25-33-26(18)38-28-21-13-5-6-14-22(21)30(35-28)40-32-24-16-8-7-15-23(24)31(36-32)39-29-20-12-4-3-11-19(20)27(34-29)37-25;/h1-16H,(H2,33,34,35,36,37,38,39,40);/q;+1. The summed E-state index contributed by atoms with van der Waals surface area (Å²) in [4.78, 5) is 36.8. The van der Waals surface area contributed by atoms with Crippen LogP contribution in [-0.2, 0) is 0 Å². The summed E-state index contributed by atoms with van der Waals surface area (Å²) >= 11 is 0. The first-order chi connectivity index (χ1) is 19.8. The third-order valence-electron chi connectivity index (χ3n) is 7.46. The summed E-state index contributed by atoms with van der Waals surface area (Å²) in [7, 11) is 0. The van der Waals surface area contributed by atoms with Gasteiger partial charge in [-0.15, -0.1) is 0 Å². The van der Waals surface area contributed by atoms with E-state index in [1.165, 1.54) is 0 Å². The van der Waals surface area contributed by atoms with Crippen molar-refractivity contribution >= 4 is 44.1 Å². The minimum atomic E-state index is 0. The summed E-state index contributed by atoms with van der Waals surface area (Å²) in [5.74, 6) is 2.39. The molecule has 0 unspecified atom stereocenters. The fourth-order valence-electron chi connectivity index (χ4n) is 5.59.